The molecule has 1 aliphatic rings. The number of carbonyl (C=O) groups is 1. The maximum absolute atomic E-state index is 11.2. The lowest BCUT2D eigenvalue weighted by Gasteiger charge is -2.22. The zero-order valence-corrected chi connectivity index (χ0v) is 9.88. The molecule has 0 saturated carbocycles. The first-order chi connectivity index (χ1) is 6.82. The third kappa shape index (κ3) is 3.46. The van der Waals surface area contributed by atoms with Gasteiger partial charge in [-0.25, -0.2) is 8.42 Å². The van der Waals surface area contributed by atoms with Crippen LogP contribution >= 0.6 is 0 Å². The Morgan fingerprint density at radius 2 is 2.07 bits per heavy atom. The maximum atomic E-state index is 11.2. The standard InChI is InChI=1S/C9H18N2O3S/c1-6(2)8(9(10)12)11-7-3-4-15(13,14)5-7/h6-8,11H,3-5H2,1-2H3,(H2,10,12). The van der Waals surface area contributed by atoms with Crippen LogP contribution in [0.25, 0.3) is 0 Å². The van der Waals surface area contributed by atoms with Crippen molar-refractivity contribution in [3.8, 4) is 0 Å². The molecule has 0 radical (unpaired) electrons. The van der Waals surface area contributed by atoms with Gasteiger partial charge in [0, 0.05) is 6.04 Å². The predicted octanol–water partition coefficient (Wildman–Crippen LogP) is -0.727. The molecule has 0 aromatic rings. The molecule has 0 aromatic carbocycles. The summed E-state index contributed by atoms with van der Waals surface area (Å²) < 4.78 is 22.4. The first-order valence-electron chi connectivity index (χ1n) is 5.07. The summed E-state index contributed by atoms with van der Waals surface area (Å²) in [5.41, 5.74) is 5.23. The van der Waals surface area contributed by atoms with Crippen molar-refractivity contribution in [1.82, 2.24) is 5.32 Å². The van der Waals surface area contributed by atoms with Gasteiger partial charge in [0.15, 0.2) is 9.84 Å². The average Bonchev–Trinajstić information content (AvgIpc) is 2.40. The van der Waals surface area contributed by atoms with Crippen LogP contribution in [0.15, 0.2) is 0 Å². The molecular formula is C9H18N2O3S. The average molecular weight is 234 g/mol. The quantitative estimate of drug-likeness (QED) is 0.671. The topological polar surface area (TPSA) is 89.3 Å². The van der Waals surface area contributed by atoms with E-state index in [1.807, 2.05) is 13.8 Å². The lowest BCUT2D eigenvalue weighted by Crippen LogP contribution is -2.49. The third-order valence-corrected chi connectivity index (χ3v) is 4.39. The molecule has 1 fully saturated rings. The van der Waals surface area contributed by atoms with E-state index >= 15 is 0 Å². The number of primary amides is 1. The van der Waals surface area contributed by atoms with Crippen molar-refractivity contribution in [3.63, 3.8) is 0 Å². The zero-order chi connectivity index (χ0) is 11.6. The van der Waals surface area contributed by atoms with Crippen molar-refractivity contribution in [2.75, 3.05) is 11.5 Å². The zero-order valence-electron chi connectivity index (χ0n) is 9.06. The number of sulfone groups is 1. The third-order valence-electron chi connectivity index (χ3n) is 2.62. The number of nitrogens with one attached hydrogen (secondary N) is 1. The molecule has 0 bridgehead atoms. The van der Waals surface area contributed by atoms with Gasteiger partial charge in [-0.3, -0.25) is 4.79 Å². The number of hydrogen-bond acceptors (Lipinski definition) is 4. The molecule has 0 aliphatic carbocycles. The lowest BCUT2D eigenvalue weighted by atomic mass is 10.0. The van der Waals surface area contributed by atoms with Crippen LogP contribution in [-0.2, 0) is 14.6 Å². The van der Waals surface area contributed by atoms with E-state index in [4.69, 9.17) is 5.73 Å². The molecule has 1 amide bonds. The number of carbonyl (C=O) groups excluding carboxylic acids is 1. The molecule has 1 heterocycles. The fraction of sp³-hybridized carbons (Fsp3) is 0.889. The molecule has 2 atom stereocenters. The molecule has 6 heteroatoms. The van der Waals surface area contributed by atoms with E-state index in [2.05, 4.69) is 5.32 Å². The molecule has 1 aliphatic heterocycles. The van der Waals surface area contributed by atoms with Crippen molar-refractivity contribution in [2.24, 2.45) is 11.7 Å². The van der Waals surface area contributed by atoms with Gasteiger partial charge >= 0.3 is 0 Å². The molecule has 2 unspecified atom stereocenters. The van der Waals surface area contributed by atoms with Gasteiger partial charge in [0.1, 0.15) is 0 Å². The molecule has 88 valence electrons. The summed E-state index contributed by atoms with van der Waals surface area (Å²) in [6.07, 6.45) is 0.568. The Morgan fingerprint density at radius 1 is 1.47 bits per heavy atom. The van der Waals surface area contributed by atoms with E-state index in [1.54, 1.807) is 0 Å². The molecular weight excluding hydrogens is 216 g/mol. The first-order valence-corrected chi connectivity index (χ1v) is 6.90. The van der Waals surface area contributed by atoms with E-state index < -0.39 is 21.8 Å². The van der Waals surface area contributed by atoms with E-state index in [0.29, 0.717) is 6.42 Å². The second kappa shape index (κ2) is 4.49. The Balaban J connectivity index is 2.58. The number of nitrogens with two attached hydrogens (primary N) is 1. The van der Waals surface area contributed by atoms with Crippen LogP contribution in [-0.4, -0.2) is 37.9 Å². The SMILES string of the molecule is CC(C)C(NC1CCS(=O)(=O)C1)C(N)=O. The van der Waals surface area contributed by atoms with Gasteiger partial charge in [-0.05, 0) is 12.3 Å². The van der Waals surface area contributed by atoms with Crippen LogP contribution in [0.3, 0.4) is 0 Å². The van der Waals surface area contributed by atoms with E-state index in [0.717, 1.165) is 0 Å². The summed E-state index contributed by atoms with van der Waals surface area (Å²) >= 11 is 0. The van der Waals surface area contributed by atoms with Crippen LogP contribution in [0.1, 0.15) is 20.3 Å². The molecule has 3 N–H and O–H groups in total. The molecule has 1 saturated heterocycles. The summed E-state index contributed by atoms with van der Waals surface area (Å²) in [7, 11) is -2.91. The van der Waals surface area contributed by atoms with E-state index in [-0.39, 0.29) is 23.5 Å². The van der Waals surface area contributed by atoms with Crippen LogP contribution in [0.5, 0.6) is 0 Å². The molecule has 1 rings (SSSR count). The Morgan fingerprint density at radius 3 is 2.40 bits per heavy atom. The van der Waals surface area contributed by atoms with Gasteiger partial charge in [-0.2, -0.15) is 0 Å². The summed E-state index contributed by atoms with van der Waals surface area (Å²) in [5, 5.41) is 3.02. The lowest BCUT2D eigenvalue weighted by molar-refractivity contribution is -0.121. The van der Waals surface area contributed by atoms with Gasteiger partial charge in [0.05, 0.1) is 17.5 Å². The smallest absolute Gasteiger partial charge is 0.234 e. The highest BCUT2D eigenvalue weighted by molar-refractivity contribution is 7.91. The summed E-state index contributed by atoms with van der Waals surface area (Å²) in [6.45, 7) is 3.76. The highest BCUT2D eigenvalue weighted by Gasteiger charge is 2.31. The Hall–Kier alpha value is -0.620. The number of hydrogen-bond donors (Lipinski definition) is 2. The number of rotatable bonds is 4. The second-order valence-corrected chi connectivity index (χ2v) is 6.62. The number of amides is 1. The maximum Gasteiger partial charge on any atom is 0.234 e. The summed E-state index contributed by atoms with van der Waals surface area (Å²) in [4.78, 5) is 11.1. The van der Waals surface area contributed by atoms with Crippen LogP contribution in [0.2, 0.25) is 0 Å². The Kier molecular flexibility index (Phi) is 3.72. The molecule has 0 aromatic heterocycles. The minimum absolute atomic E-state index is 0.0748. The minimum atomic E-state index is -2.91. The first kappa shape index (κ1) is 12.4. The molecule has 15 heavy (non-hydrogen) atoms. The van der Waals surface area contributed by atoms with Gasteiger partial charge < -0.3 is 11.1 Å². The van der Waals surface area contributed by atoms with Crippen molar-refractivity contribution in [2.45, 2.75) is 32.4 Å². The Labute approximate surface area is 90.3 Å². The van der Waals surface area contributed by atoms with Crippen LogP contribution < -0.4 is 11.1 Å². The van der Waals surface area contributed by atoms with E-state index in [1.165, 1.54) is 0 Å². The fourth-order valence-corrected chi connectivity index (χ4v) is 3.47. The van der Waals surface area contributed by atoms with Crippen LogP contribution in [0.4, 0.5) is 0 Å². The van der Waals surface area contributed by atoms with Gasteiger partial charge in [-0.15, -0.1) is 0 Å². The largest absolute Gasteiger partial charge is 0.368 e. The monoisotopic (exact) mass is 234 g/mol. The van der Waals surface area contributed by atoms with Gasteiger partial charge in [0.2, 0.25) is 5.91 Å². The Bertz CT molecular complexity index is 337. The van der Waals surface area contributed by atoms with Crippen LogP contribution in [0, 0.1) is 5.92 Å². The summed E-state index contributed by atoms with van der Waals surface area (Å²) in [6, 6.07) is -0.571. The van der Waals surface area contributed by atoms with Crippen molar-refractivity contribution in [1.29, 1.82) is 0 Å². The molecule has 5 nitrogen and oxygen atoms in total. The van der Waals surface area contributed by atoms with Crippen molar-refractivity contribution in [3.05, 3.63) is 0 Å². The minimum Gasteiger partial charge on any atom is -0.368 e. The van der Waals surface area contributed by atoms with Crippen molar-refractivity contribution < 1.29 is 13.2 Å². The van der Waals surface area contributed by atoms with E-state index in [9.17, 15) is 13.2 Å². The highest BCUT2D eigenvalue weighted by atomic mass is 32.2. The fourth-order valence-electron chi connectivity index (χ4n) is 1.78. The second-order valence-electron chi connectivity index (χ2n) is 4.39. The van der Waals surface area contributed by atoms with Crippen molar-refractivity contribution >= 4 is 15.7 Å². The van der Waals surface area contributed by atoms with Gasteiger partial charge in [0.25, 0.3) is 0 Å². The normalized spacial score (nSPS) is 26.7. The summed E-state index contributed by atoms with van der Waals surface area (Å²) in [5.74, 6) is -0.0299. The predicted molar refractivity (Wildman–Crippen MR) is 58.0 cm³/mol. The molecule has 0 spiro atoms. The van der Waals surface area contributed by atoms with Gasteiger partial charge in [-0.1, -0.05) is 13.8 Å². The highest BCUT2D eigenvalue weighted by Crippen LogP contribution is 2.13.